The number of carbonyl (C=O) groups is 2. The van der Waals surface area contributed by atoms with Crippen molar-refractivity contribution in [1.82, 2.24) is 0 Å². The maximum absolute atomic E-state index is 11.8. The third-order valence-electron chi connectivity index (χ3n) is 6.85. The summed E-state index contributed by atoms with van der Waals surface area (Å²) < 4.78 is 28.5. The van der Waals surface area contributed by atoms with Crippen molar-refractivity contribution in [3.8, 4) is 0 Å². The van der Waals surface area contributed by atoms with E-state index in [4.69, 9.17) is 12.2 Å². The highest BCUT2D eigenvalue weighted by molar-refractivity contribution is 5.67. The molecule has 4 bridgehead atoms. The van der Waals surface area contributed by atoms with E-state index in [0.717, 1.165) is 0 Å². The lowest BCUT2D eigenvalue weighted by molar-refractivity contribution is -0.282. The lowest BCUT2D eigenvalue weighted by atomic mass is 9.35. The minimum absolute atomic E-state index is 0.0866. The van der Waals surface area contributed by atoms with Crippen molar-refractivity contribution in [2.24, 2.45) is 34.5 Å². The molecule has 4 aliphatic carbocycles. The van der Waals surface area contributed by atoms with Crippen LogP contribution in [0.25, 0.3) is 0 Å². The van der Waals surface area contributed by atoms with Crippen LogP contribution in [0, 0.1) is 34.5 Å². The van der Waals surface area contributed by atoms with Gasteiger partial charge >= 0.3 is 11.9 Å². The number of hydrogen-bond donors (Lipinski definition) is 1. The molecule has 0 aliphatic heterocycles. The summed E-state index contributed by atoms with van der Waals surface area (Å²) in [7, 11) is 0. The Morgan fingerprint density at radius 1 is 1.08 bits per heavy atom. The van der Waals surface area contributed by atoms with Gasteiger partial charge in [-0.05, 0) is 30.0 Å². The van der Waals surface area contributed by atoms with E-state index in [0.29, 0.717) is 6.42 Å². The van der Waals surface area contributed by atoms with Crippen LogP contribution in [0.3, 0.4) is 0 Å². The minimum Gasteiger partial charge on any atom is -0.462 e. The molecule has 4 fully saturated rings. The molecule has 0 spiro atoms. The Morgan fingerprint density at radius 2 is 1.62 bits per heavy atom. The first kappa shape index (κ1) is 15.2. The molecule has 0 saturated heterocycles. The van der Waals surface area contributed by atoms with Crippen molar-refractivity contribution in [2.75, 3.05) is 0 Å². The molecular weight excluding hydrogens is 308 g/mol. The fourth-order valence-corrected chi connectivity index (χ4v) is 5.95. The molecule has 1 unspecified atom stereocenters. The zero-order chi connectivity index (χ0) is 19.8. The monoisotopic (exact) mass is 340 g/mol. The highest BCUT2D eigenvalue weighted by Gasteiger charge is 2.75. The van der Waals surface area contributed by atoms with Gasteiger partial charge in [-0.15, -0.1) is 0 Å². The average molecular weight is 340 g/mol. The second-order valence-electron chi connectivity index (χ2n) is 8.55. The van der Waals surface area contributed by atoms with E-state index in [-0.39, 0.29) is 17.8 Å². The quantitative estimate of drug-likeness (QED) is 0.782. The summed E-state index contributed by atoms with van der Waals surface area (Å²) in [6.07, 6.45) is -2.59. The van der Waals surface area contributed by atoms with Crippen LogP contribution in [0.1, 0.15) is 57.1 Å². The van der Waals surface area contributed by atoms with Gasteiger partial charge in [-0.2, -0.15) is 0 Å². The SMILES string of the molecule is [2H][C@@H]1C(O)[C@@H]2[C@@H]3[C@H]([C@@]1([2H])C)[C@@]2(C)[C@H](OC(C)=O)C[C@@H](OC(C)=O)C3(C)C. The zero-order valence-electron chi connectivity index (χ0n) is 17.3. The molecule has 4 saturated carbocycles. The minimum atomic E-state index is -1.19. The van der Waals surface area contributed by atoms with Gasteiger partial charge in [0.15, 0.2) is 0 Å². The summed E-state index contributed by atoms with van der Waals surface area (Å²) in [6.45, 7) is 10.3. The van der Waals surface area contributed by atoms with Crippen LogP contribution in [-0.4, -0.2) is 35.4 Å². The second kappa shape index (κ2) is 5.45. The number of aliphatic hydroxyl groups excluding tert-OH is 1. The van der Waals surface area contributed by atoms with Gasteiger partial charge in [0.2, 0.25) is 0 Å². The maximum atomic E-state index is 11.8. The van der Waals surface area contributed by atoms with Gasteiger partial charge in [-0.3, -0.25) is 9.59 Å². The molecule has 5 heteroatoms. The largest absolute Gasteiger partial charge is 0.462 e. The van der Waals surface area contributed by atoms with Crippen molar-refractivity contribution < 1.29 is 26.9 Å². The maximum Gasteiger partial charge on any atom is 0.302 e. The molecule has 0 radical (unpaired) electrons. The fourth-order valence-electron chi connectivity index (χ4n) is 5.95. The molecule has 0 aromatic carbocycles. The number of aliphatic hydroxyl groups is 1. The van der Waals surface area contributed by atoms with Crippen molar-refractivity contribution in [1.29, 1.82) is 0 Å². The zero-order valence-corrected chi connectivity index (χ0v) is 15.3. The molecule has 0 aromatic rings. The van der Waals surface area contributed by atoms with Crippen molar-refractivity contribution in [3.63, 3.8) is 0 Å². The first-order chi connectivity index (χ1) is 11.8. The molecular formula is C19H30O5. The van der Waals surface area contributed by atoms with Gasteiger partial charge in [-0.1, -0.05) is 27.7 Å². The first-order valence-corrected chi connectivity index (χ1v) is 8.72. The molecule has 0 amide bonds. The summed E-state index contributed by atoms with van der Waals surface area (Å²) in [5, 5.41) is 10.9. The van der Waals surface area contributed by atoms with Crippen LogP contribution >= 0.6 is 0 Å². The van der Waals surface area contributed by atoms with Crippen LogP contribution in [0.15, 0.2) is 0 Å². The van der Waals surface area contributed by atoms with Crippen LogP contribution in [0.5, 0.6) is 0 Å². The van der Waals surface area contributed by atoms with Crippen molar-refractivity contribution in [2.45, 2.75) is 72.7 Å². The number of ether oxygens (including phenoxy) is 2. The summed E-state index contributed by atoms with van der Waals surface area (Å²) in [5.41, 5.74) is -1.12. The highest BCUT2D eigenvalue weighted by Crippen LogP contribution is 2.74. The Labute approximate surface area is 146 Å². The summed E-state index contributed by atoms with van der Waals surface area (Å²) in [5.74, 6) is -2.60. The fraction of sp³-hybridized carbons (Fsp3) is 0.895. The Morgan fingerprint density at radius 3 is 2.12 bits per heavy atom. The number of rotatable bonds is 2. The number of fused-ring (bicyclic) bond motifs is 2. The van der Waals surface area contributed by atoms with Crippen molar-refractivity contribution in [3.05, 3.63) is 0 Å². The molecule has 9 atom stereocenters. The molecule has 1 N–H and O–H groups in total. The van der Waals surface area contributed by atoms with E-state index < -0.39 is 53.4 Å². The molecule has 5 nitrogen and oxygen atoms in total. The molecule has 136 valence electrons. The molecule has 4 rings (SSSR count). The third-order valence-corrected chi connectivity index (χ3v) is 6.85. The van der Waals surface area contributed by atoms with E-state index in [9.17, 15) is 14.7 Å². The number of carbonyl (C=O) groups excluding carboxylic acids is 2. The molecule has 0 aromatic heterocycles. The van der Waals surface area contributed by atoms with Crippen LogP contribution < -0.4 is 0 Å². The predicted octanol–water partition coefficient (Wildman–Crippen LogP) is 2.55. The molecule has 0 heterocycles. The summed E-state index contributed by atoms with van der Waals surface area (Å²) in [4.78, 5) is 23.5. The Bertz CT molecular complexity index is 633. The van der Waals surface area contributed by atoms with Gasteiger partial charge < -0.3 is 14.6 Å². The Kier molecular flexibility index (Phi) is 3.45. The Balaban J connectivity index is 2.14. The van der Waals surface area contributed by atoms with E-state index in [1.54, 1.807) is 6.92 Å². The van der Waals surface area contributed by atoms with Gasteiger partial charge in [0.05, 0.1) is 6.10 Å². The highest BCUT2D eigenvalue weighted by atomic mass is 16.6. The van der Waals surface area contributed by atoms with Crippen LogP contribution in [-0.2, 0) is 19.1 Å². The van der Waals surface area contributed by atoms with E-state index >= 15 is 0 Å². The van der Waals surface area contributed by atoms with E-state index in [1.165, 1.54) is 13.8 Å². The first-order valence-electron chi connectivity index (χ1n) is 9.79. The van der Waals surface area contributed by atoms with Gasteiger partial charge in [-0.25, -0.2) is 0 Å². The van der Waals surface area contributed by atoms with Crippen LogP contribution in [0.2, 0.25) is 0 Å². The average Bonchev–Trinajstić information content (AvgIpc) is 2.57. The second-order valence-corrected chi connectivity index (χ2v) is 8.55. The smallest absolute Gasteiger partial charge is 0.302 e. The lowest BCUT2D eigenvalue weighted by Crippen LogP contribution is -2.71. The summed E-state index contributed by atoms with van der Waals surface area (Å²) in [6, 6.07) is 0. The number of hydrogen-bond acceptors (Lipinski definition) is 5. The van der Waals surface area contributed by atoms with E-state index in [2.05, 4.69) is 0 Å². The van der Waals surface area contributed by atoms with Gasteiger partial charge in [0.25, 0.3) is 0 Å². The molecule has 24 heavy (non-hydrogen) atoms. The van der Waals surface area contributed by atoms with Gasteiger partial charge in [0, 0.05) is 33.8 Å². The number of esters is 2. The third kappa shape index (κ3) is 2.23. The molecule has 4 aliphatic rings. The van der Waals surface area contributed by atoms with Gasteiger partial charge in [0.1, 0.15) is 12.2 Å². The van der Waals surface area contributed by atoms with Crippen molar-refractivity contribution >= 4 is 11.9 Å². The summed E-state index contributed by atoms with van der Waals surface area (Å²) >= 11 is 0. The topological polar surface area (TPSA) is 72.8 Å². The van der Waals surface area contributed by atoms with E-state index in [1.807, 2.05) is 20.8 Å². The standard InChI is InChI=1S/C19H30O5/c1-9-7-12(22)16-17-15(9)19(16,6)14(24-11(3)21)8-13(18(17,4)5)23-10(2)20/h9,12-17,22H,7-8H2,1-6H3/t9-,12?,13+,14+,15-,16+,17-,19+/m0/s1/i7D,9D/t7-,9-,12?,13+,14+,15-,16+,17-,19+. The Hall–Kier alpha value is -1.10. The predicted molar refractivity (Wildman–Crippen MR) is 87.9 cm³/mol. The van der Waals surface area contributed by atoms with Crippen LogP contribution in [0.4, 0.5) is 0 Å². The normalized spacial score (nSPS) is 56.0. The lowest BCUT2D eigenvalue weighted by Gasteiger charge is -2.70.